The number of nitrogens with one attached hydrogen (secondary N) is 1. The van der Waals surface area contributed by atoms with E-state index in [1.807, 2.05) is 0 Å². The fourth-order valence-corrected chi connectivity index (χ4v) is 5.37. The molecule has 0 aromatic heterocycles. The molecule has 1 aliphatic rings. The van der Waals surface area contributed by atoms with E-state index in [2.05, 4.69) is 104 Å². The fourth-order valence-electron chi connectivity index (χ4n) is 5.37. The normalized spacial score (nSPS) is 21.6. The van der Waals surface area contributed by atoms with Crippen LogP contribution in [0.5, 0.6) is 0 Å². The molecule has 3 aromatic rings. The van der Waals surface area contributed by atoms with Crippen LogP contribution in [0.4, 0.5) is 5.69 Å². The third-order valence-corrected chi connectivity index (χ3v) is 6.96. The molecule has 31 heavy (non-hydrogen) atoms. The van der Waals surface area contributed by atoms with Crippen molar-refractivity contribution in [1.29, 1.82) is 0 Å². The molecule has 4 rings (SSSR count). The number of benzene rings is 3. The summed E-state index contributed by atoms with van der Waals surface area (Å²) in [5, 5.41) is 4.03. The molecule has 1 heteroatoms. The topological polar surface area (TPSA) is 12.0 Å². The van der Waals surface area contributed by atoms with Crippen LogP contribution in [0.15, 0.2) is 84.9 Å². The molecule has 3 aromatic carbocycles. The van der Waals surface area contributed by atoms with E-state index in [0.29, 0.717) is 17.9 Å². The third kappa shape index (κ3) is 6.00. The molecule has 0 heterocycles. The number of hydrogen-bond donors (Lipinski definition) is 1. The lowest BCUT2D eigenvalue weighted by Crippen LogP contribution is -2.31. The van der Waals surface area contributed by atoms with Crippen molar-refractivity contribution in [2.75, 3.05) is 5.32 Å². The van der Waals surface area contributed by atoms with Crippen LogP contribution in [0.1, 0.15) is 62.1 Å². The standard InChI is InChI=1S/C30H37N/c1-23(2)28-17-9-10-18-30(28)31-29-19-11-16-26(20-24-12-5-3-6-13-24)22-27(29)21-25-14-7-4-8-15-25/h3-10,12-15,17-18,23,26-27,29,31H,11,16,19-22H2,1-2H3. The smallest absolute Gasteiger partial charge is 0.0377 e. The monoisotopic (exact) mass is 411 g/mol. The maximum Gasteiger partial charge on any atom is 0.0377 e. The van der Waals surface area contributed by atoms with Crippen molar-refractivity contribution in [2.45, 2.75) is 64.3 Å². The molecule has 0 radical (unpaired) electrons. The highest BCUT2D eigenvalue weighted by Gasteiger charge is 2.29. The van der Waals surface area contributed by atoms with Gasteiger partial charge in [0.25, 0.3) is 0 Å². The first-order valence-electron chi connectivity index (χ1n) is 12.1. The molecule has 3 unspecified atom stereocenters. The second-order valence-corrected chi connectivity index (χ2v) is 9.66. The summed E-state index contributed by atoms with van der Waals surface area (Å²) in [6.45, 7) is 4.59. The molecular weight excluding hydrogens is 374 g/mol. The van der Waals surface area contributed by atoms with Crippen LogP contribution in [0, 0.1) is 11.8 Å². The van der Waals surface area contributed by atoms with E-state index in [9.17, 15) is 0 Å². The van der Waals surface area contributed by atoms with Crippen LogP contribution < -0.4 is 5.32 Å². The summed E-state index contributed by atoms with van der Waals surface area (Å²) >= 11 is 0. The fraction of sp³-hybridized carbons (Fsp3) is 0.400. The average molecular weight is 412 g/mol. The van der Waals surface area contributed by atoms with Crippen molar-refractivity contribution in [3.63, 3.8) is 0 Å². The van der Waals surface area contributed by atoms with Crippen LogP contribution in [-0.2, 0) is 12.8 Å². The van der Waals surface area contributed by atoms with Crippen LogP contribution in [0.2, 0.25) is 0 Å². The van der Waals surface area contributed by atoms with E-state index >= 15 is 0 Å². The van der Waals surface area contributed by atoms with E-state index in [-0.39, 0.29) is 0 Å². The van der Waals surface area contributed by atoms with Gasteiger partial charge in [-0.15, -0.1) is 0 Å². The number of rotatable bonds is 7. The molecule has 1 fully saturated rings. The van der Waals surface area contributed by atoms with Crippen molar-refractivity contribution < 1.29 is 0 Å². The first-order chi connectivity index (χ1) is 15.2. The van der Waals surface area contributed by atoms with Gasteiger partial charge in [-0.25, -0.2) is 0 Å². The maximum atomic E-state index is 4.03. The highest BCUT2D eigenvalue weighted by Crippen LogP contribution is 2.35. The Morgan fingerprint density at radius 2 is 1.35 bits per heavy atom. The van der Waals surface area contributed by atoms with Gasteiger partial charge in [-0.1, -0.05) is 106 Å². The lowest BCUT2D eigenvalue weighted by Gasteiger charge is -2.30. The molecule has 0 spiro atoms. The Morgan fingerprint density at radius 1 is 0.742 bits per heavy atom. The van der Waals surface area contributed by atoms with Gasteiger partial charge in [0, 0.05) is 11.7 Å². The average Bonchev–Trinajstić information content (AvgIpc) is 2.97. The van der Waals surface area contributed by atoms with E-state index in [1.54, 1.807) is 0 Å². The zero-order chi connectivity index (χ0) is 21.5. The third-order valence-electron chi connectivity index (χ3n) is 6.96. The van der Waals surface area contributed by atoms with Gasteiger partial charge in [-0.05, 0) is 66.2 Å². The van der Waals surface area contributed by atoms with Gasteiger partial charge in [0.1, 0.15) is 0 Å². The summed E-state index contributed by atoms with van der Waals surface area (Å²) in [5.41, 5.74) is 5.73. The predicted molar refractivity (Wildman–Crippen MR) is 134 cm³/mol. The molecule has 3 atom stereocenters. The highest BCUT2D eigenvalue weighted by molar-refractivity contribution is 5.53. The van der Waals surface area contributed by atoms with Crippen LogP contribution in [-0.4, -0.2) is 6.04 Å². The zero-order valence-corrected chi connectivity index (χ0v) is 19.1. The minimum atomic E-state index is 0.529. The SMILES string of the molecule is CC(C)c1ccccc1NC1CCCC(Cc2ccccc2)CC1Cc1ccccc1. The van der Waals surface area contributed by atoms with Crippen molar-refractivity contribution in [2.24, 2.45) is 11.8 Å². The minimum absolute atomic E-state index is 0.529. The summed E-state index contributed by atoms with van der Waals surface area (Å²) in [6, 6.07) is 31.6. The van der Waals surface area contributed by atoms with Crippen molar-refractivity contribution >= 4 is 5.69 Å². The van der Waals surface area contributed by atoms with Crippen molar-refractivity contribution in [3.8, 4) is 0 Å². The van der Waals surface area contributed by atoms with Crippen LogP contribution in [0.25, 0.3) is 0 Å². The lowest BCUT2D eigenvalue weighted by molar-refractivity contribution is 0.353. The molecule has 0 amide bonds. The summed E-state index contributed by atoms with van der Waals surface area (Å²) in [5.74, 6) is 1.95. The highest BCUT2D eigenvalue weighted by atomic mass is 14.9. The molecule has 1 aliphatic carbocycles. The van der Waals surface area contributed by atoms with E-state index in [0.717, 1.165) is 12.3 Å². The number of anilines is 1. The zero-order valence-electron chi connectivity index (χ0n) is 19.1. The summed E-state index contributed by atoms with van der Waals surface area (Å²) < 4.78 is 0. The first-order valence-corrected chi connectivity index (χ1v) is 12.1. The second kappa shape index (κ2) is 10.7. The van der Waals surface area contributed by atoms with Gasteiger partial charge in [0.2, 0.25) is 0 Å². The molecule has 1 N–H and O–H groups in total. The van der Waals surface area contributed by atoms with Gasteiger partial charge in [0.15, 0.2) is 0 Å². The molecule has 0 saturated heterocycles. The van der Waals surface area contributed by atoms with Crippen molar-refractivity contribution in [1.82, 2.24) is 0 Å². The summed E-state index contributed by atoms with van der Waals surface area (Å²) in [4.78, 5) is 0. The second-order valence-electron chi connectivity index (χ2n) is 9.66. The largest absolute Gasteiger partial charge is 0.382 e. The van der Waals surface area contributed by atoms with E-state index in [1.165, 1.54) is 54.5 Å². The summed E-state index contributed by atoms with van der Waals surface area (Å²) in [6.07, 6.45) is 7.57. The van der Waals surface area contributed by atoms with Crippen LogP contribution >= 0.6 is 0 Å². The summed E-state index contributed by atoms with van der Waals surface area (Å²) in [7, 11) is 0. The molecular formula is C30H37N. The van der Waals surface area contributed by atoms with Gasteiger partial charge in [-0.2, -0.15) is 0 Å². The van der Waals surface area contributed by atoms with E-state index in [4.69, 9.17) is 0 Å². The number of hydrogen-bond acceptors (Lipinski definition) is 1. The maximum absolute atomic E-state index is 4.03. The predicted octanol–water partition coefficient (Wildman–Crippen LogP) is 7.88. The lowest BCUT2D eigenvalue weighted by atomic mass is 9.83. The minimum Gasteiger partial charge on any atom is -0.382 e. The van der Waals surface area contributed by atoms with Gasteiger partial charge in [-0.3, -0.25) is 0 Å². The van der Waals surface area contributed by atoms with Crippen molar-refractivity contribution in [3.05, 3.63) is 102 Å². The molecule has 0 aliphatic heterocycles. The van der Waals surface area contributed by atoms with Gasteiger partial charge in [0.05, 0.1) is 0 Å². The Kier molecular flexibility index (Phi) is 7.46. The Bertz CT molecular complexity index is 915. The Balaban J connectivity index is 1.55. The van der Waals surface area contributed by atoms with Gasteiger partial charge >= 0.3 is 0 Å². The first kappa shape index (κ1) is 21.7. The Labute approximate surface area is 188 Å². The Morgan fingerprint density at radius 3 is 2.03 bits per heavy atom. The Hall–Kier alpha value is -2.54. The number of para-hydroxylation sites is 1. The molecule has 1 saturated carbocycles. The van der Waals surface area contributed by atoms with E-state index < -0.39 is 0 Å². The quantitative estimate of drug-likeness (QED) is 0.390. The molecule has 162 valence electrons. The molecule has 0 bridgehead atoms. The molecule has 1 nitrogen and oxygen atoms in total. The van der Waals surface area contributed by atoms with Crippen LogP contribution in [0.3, 0.4) is 0 Å². The van der Waals surface area contributed by atoms with Gasteiger partial charge < -0.3 is 5.32 Å².